The Morgan fingerprint density at radius 1 is 0.754 bits per heavy atom. The summed E-state index contributed by atoms with van der Waals surface area (Å²) >= 11 is 0. The first kappa shape index (κ1) is 49.6. The monoisotopic (exact) mass is 916 g/mol. The summed E-state index contributed by atoms with van der Waals surface area (Å²) in [4.78, 5) is 70.6. The molecule has 0 amide bonds. The molecule has 0 saturated carbocycles. The highest BCUT2D eigenvalue weighted by molar-refractivity contribution is 7.67. The van der Waals surface area contributed by atoms with Gasteiger partial charge < -0.3 is 28.7 Å². The van der Waals surface area contributed by atoms with Crippen molar-refractivity contribution < 1.29 is 74.2 Å². The number of nitrogens with one attached hydrogen (secondary N) is 1. The number of hydrogen-bond acceptors (Lipinski definition) is 16. The van der Waals surface area contributed by atoms with Crippen molar-refractivity contribution in [2.45, 2.75) is 104 Å². The highest BCUT2D eigenvalue weighted by Gasteiger charge is 2.44. The fourth-order valence-corrected chi connectivity index (χ4v) is 9.43. The zero-order valence-corrected chi connectivity index (χ0v) is 36.6. The van der Waals surface area contributed by atoms with E-state index in [9.17, 15) is 42.7 Å². The first-order valence-corrected chi connectivity index (χ1v) is 23.9. The average molecular weight is 917 g/mol. The molecule has 3 unspecified atom stereocenters. The Morgan fingerprint density at radius 3 is 1.92 bits per heavy atom. The first-order chi connectivity index (χ1) is 29.0. The number of aromatic amines is 1. The number of nitrogens with zero attached hydrogens (tertiary/aromatic N) is 1. The quantitative estimate of drug-likeness (QED) is 0.0172. The number of aryl methyl sites for hydroxylation is 1. The second kappa shape index (κ2) is 24.0. The smallest absolute Gasteiger partial charge is 0.434 e. The molecule has 0 fully saturated rings. The molecule has 336 valence electrons. The number of unbranched alkanes of at least 4 members (excludes halogenated alkanes) is 7. The molecule has 0 saturated heterocycles. The number of benzene rings is 2. The van der Waals surface area contributed by atoms with E-state index in [0.717, 1.165) is 23.8 Å². The molecular weight excluding hydrogens is 865 g/mol. The van der Waals surface area contributed by atoms with Crippen molar-refractivity contribution in [3.05, 3.63) is 104 Å². The summed E-state index contributed by atoms with van der Waals surface area (Å²) in [5.41, 5.74) is -0.553. The topological polar surface area (TPSA) is 264 Å². The highest BCUT2D eigenvalue weighted by atomic mass is 31.3. The van der Waals surface area contributed by atoms with Crippen LogP contribution in [0.1, 0.15) is 94.6 Å². The van der Waals surface area contributed by atoms with Crippen LogP contribution in [0.4, 0.5) is 4.79 Å². The molecule has 0 aliphatic carbocycles. The third-order valence-corrected chi connectivity index (χ3v) is 13.2. The fraction of sp³-hybridized carbons (Fsp3) is 0.474. The number of carbonyl (C=O) groups is 2. The zero-order valence-electron chi connectivity index (χ0n) is 33.9. The molecule has 1 aliphatic rings. The van der Waals surface area contributed by atoms with Gasteiger partial charge in [-0.05, 0) is 54.8 Å². The van der Waals surface area contributed by atoms with Crippen LogP contribution in [-0.2, 0) is 63.4 Å². The summed E-state index contributed by atoms with van der Waals surface area (Å²) < 4.78 is 86.4. The van der Waals surface area contributed by atoms with Crippen LogP contribution in [0.3, 0.4) is 0 Å². The SMILES string of the molecule is CCCCCCCCCCOC(=O)Oc1ccc(COP(=O)(OCc2ccc(OC(=O)CC)cc2)OP(=O)(O)OP(=O)(O)OC[C@@H]2C=C[C@H](n3cc(C)c(=O)[nH]c3=O)O2)cc1. The lowest BCUT2D eigenvalue weighted by Gasteiger charge is -2.22. The van der Waals surface area contributed by atoms with Crippen LogP contribution in [0.25, 0.3) is 0 Å². The van der Waals surface area contributed by atoms with Crippen molar-refractivity contribution in [2.75, 3.05) is 13.2 Å². The maximum Gasteiger partial charge on any atom is 0.513 e. The van der Waals surface area contributed by atoms with Crippen molar-refractivity contribution >= 4 is 35.6 Å². The van der Waals surface area contributed by atoms with E-state index in [1.165, 1.54) is 99.5 Å². The number of hydrogen-bond donors (Lipinski definition) is 3. The molecule has 3 N–H and O–H groups in total. The van der Waals surface area contributed by atoms with Crippen LogP contribution in [0.2, 0.25) is 0 Å². The van der Waals surface area contributed by atoms with Gasteiger partial charge in [0.25, 0.3) is 5.56 Å². The van der Waals surface area contributed by atoms with E-state index in [1.807, 2.05) is 0 Å². The van der Waals surface area contributed by atoms with Gasteiger partial charge >= 0.3 is 41.3 Å². The van der Waals surface area contributed by atoms with Crippen molar-refractivity contribution in [1.29, 1.82) is 0 Å². The van der Waals surface area contributed by atoms with Gasteiger partial charge in [0.1, 0.15) is 17.6 Å². The summed E-state index contributed by atoms with van der Waals surface area (Å²) in [6, 6.07) is 11.3. The second-order valence-corrected chi connectivity index (χ2v) is 18.5. The Bertz CT molecular complexity index is 2190. The molecule has 20 nitrogen and oxygen atoms in total. The normalized spacial score (nSPS) is 17.9. The summed E-state index contributed by atoms with van der Waals surface area (Å²) in [5.74, 6) is -0.159. The molecule has 2 aromatic carbocycles. The minimum absolute atomic E-state index is 0.120. The Kier molecular flexibility index (Phi) is 19.5. The summed E-state index contributed by atoms with van der Waals surface area (Å²) in [6.07, 6.45) is 9.82. The molecule has 0 spiro atoms. The van der Waals surface area contributed by atoms with E-state index in [4.69, 9.17) is 36.8 Å². The standard InChI is InChI=1S/C38H51N2O18P3/c1-4-6-7-8-9-10-11-12-23-50-38(44)56-32-19-15-30(16-20-32)26-53-61(49,52-25-29-13-17-31(18-14-29)55-35(41)5-2)58-60(47,48)57-59(45,46)51-27-33-21-22-34(54-33)40-24-28(3)36(42)39-37(40)43/h13-22,24,33-34H,4-12,23,25-27H2,1-3H3,(H,45,46)(H,47,48)(H,39,42,43)/t33-,34+,61?/m0/s1. The van der Waals surface area contributed by atoms with Gasteiger partial charge in [-0.15, -0.1) is 0 Å². The molecule has 3 aromatic rings. The lowest BCUT2D eigenvalue weighted by atomic mass is 10.1. The van der Waals surface area contributed by atoms with Gasteiger partial charge in [0, 0.05) is 18.2 Å². The van der Waals surface area contributed by atoms with Crippen LogP contribution in [0, 0.1) is 6.92 Å². The van der Waals surface area contributed by atoms with Crippen LogP contribution in [-0.4, -0.2) is 50.8 Å². The maximum absolute atomic E-state index is 13.8. The number of phosphoric acid groups is 3. The van der Waals surface area contributed by atoms with Crippen molar-refractivity contribution in [2.24, 2.45) is 0 Å². The number of esters is 1. The Labute approximate surface area is 351 Å². The molecule has 1 aromatic heterocycles. The predicted molar refractivity (Wildman–Crippen MR) is 217 cm³/mol. The molecule has 0 bridgehead atoms. The number of rotatable bonds is 26. The fourth-order valence-electron chi connectivity index (χ4n) is 5.40. The van der Waals surface area contributed by atoms with Gasteiger partial charge in [0.15, 0.2) is 6.23 Å². The van der Waals surface area contributed by atoms with E-state index < -0.39 is 79.0 Å². The molecular formula is C38H51N2O18P3. The Balaban J connectivity index is 1.34. The van der Waals surface area contributed by atoms with E-state index in [2.05, 4.69) is 16.2 Å². The van der Waals surface area contributed by atoms with Crippen LogP contribution in [0.15, 0.2) is 76.5 Å². The number of phosphoric ester groups is 2. The lowest BCUT2D eigenvalue weighted by molar-refractivity contribution is -0.134. The van der Waals surface area contributed by atoms with Gasteiger partial charge in [-0.1, -0.05) is 89.1 Å². The number of aromatic nitrogens is 2. The minimum atomic E-state index is -5.81. The highest BCUT2D eigenvalue weighted by Crippen LogP contribution is 2.69. The van der Waals surface area contributed by atoms with Gasteiger partial charge in [0.2, 0.25) is 0 Å². The average Bonchev–Trinajstić information content (AvgIpc) is 3.69. The number of ether oxygens (including phenoxy) is 4. The maximum atomic E-state index is 13.8. The van der Waals surface area contributed by atoms with Crippen LogP contribution >= 0.6 is 23.5 Å². The summed E-state index contributed by atoms with van der Waals surface area (Å²) in [6.45, 7) is 3.58. The van der Waals surface area contributed by atoms with Gasteiger partial charge in [0.05, 0.1) is 26.4 Å². The van der Waals surface area contributed by atoms with Crippen molar-refractivity contribution in [1.82, 2.24) is 9.55 Å². The Hall–Kier alpha value is -4.03. The van der Waals surface area contributed by atoms with Gasteiger partial charge in [-0.2, -0.15) is 8.62 Å². The molecule has 23 heteroatoms. The van der Waals surface area contributed by atoms with Crippen molar-refractivity contribution in [3.63, 3.8) is 0 Å². The van der Waals surface area contributed by atoms with Gasteiger partial charge in [-0.3, -0.25) is 32.7 Å². The van der Waals surface area contributed by atoms with Crippen LogP contribution in [0.5, 0.6) is 11.5 Å². The summed E-state index contributed by atoms with van der Waals surface area (Å²) in [7, 11) is -16.4. The molecule has 4 rings (SSSR count). The largest absolute Gasteiger partial charge is 0.513 e. The molecule has 2 heterocycles. The second-order valence-electron chi connectivity index (χ2n) is 13.6. The van der Waals surface area contributed by atoms with Gasteiger partial charge in [-0.25, -0.2) is 23.3 Å². The molecule has 61 heavy (non-hydrogen) atoms. The van der Waals surface area contributed by atoms with Crippen molar-refractivity contribution in [3.8, 4) is 11.5 Å². The lowest BCUT2D eigenvalue weighted by Crippen LogP contribution is -2.33. The van der Waals surface area contributed by atoms with Crippen LogP contribution < -0.4 is 20.7 Å². The predicted octanol–water partition coefficient (Wildman–Crippen LogP) is 8.06. The number of H-pyrrole nitrogens is 1. The van der Waals surface area contributed by atoms with E-state index in [-0.39, 0.29) is 30.1 Å². The van der Waals surface area contributed by atoms with E-state index >= 15 is 0 Å². The van der Waals surface area contributed by atoms with E-state index in [1.54, 1.807) is 6.92 Å². The summed E-state index contributed by atoms with van der Waals surface area (Å²) in [5, 5.41) is 0. The molecule has 5 atom stereocenters. The minimum Gasteiger partial charge on any atom is -0.434 e. The van der Waals surface area contributed by atoms with E-state index in [0.29, 0.717) is 17.5 Å². The Morgan fingerprint density at radius 2 is 1.33 bits per heavy atom. The molecule has 0 radical (unpaired) electrons. The molecule has 1 aliphatic heterocycles. The first-order valence-electron chi connectivity index (χ1n) is 19.5. The third kappa shape index (κ3) is 17.7. The third-order valence-electron chi connectivity index (χ3n) is 8.60. The number of carbonyl (C=O) groups excluding carboxylic acids is 2. The zero-order chi connectivity index (χ0) is 44.5.